The maximum Gasteiger partial charge on any atom is 0.412 e. The van der Waals surface area contributed by atoms with Gasteiger partial charge in [0.25, 0.3) is 0 Å². The molecule has 8 nitrogen and oxygen atoms in total. The lowest BCUT2D eigenvalue weighted by atomic mass is 9.99. The van der Waals surface area contributed by atoms with Crippen molar-refractivity contribution in [3.8, 4) is 0 Å². The topological polar surface area (TPSA) is 103 Å². The van der Waals surface area contributed by atoms with Gasteiger partial charge in [-0.3, -0.25) is 5.32 Å². The zero-order valence-corrected chi connectivity index (χ0v) is 20.4. The average molecular weight is 429 g/mol. The zero-order valence-electron chi connectivity index (χ0n) is 20.4. The van der Waals surface area contributed by atoms with Gasteiger partial charge in [0.2, 0.25) is 0 Å². The minimum atomic E-state index is -0.807. The van der Waals surface area contributed by atoms with Gasteiger partial charge in [-0.05, 0) is 68.2 Å². The molecule has 0 aliphatic rings. The fraction of sp³-hybridized carbons (Fsp3) is 0.773. The number of rotatable bonds is 7. The van der Waals surface area contributed by atoms with Crippen LogP contribution in [0.2, 0.25) is 0 Å². The van der Waals surface area contributed by atoms with E-state index in [-0.39, 0.29) is 11.6 Å². The summed E-state index contributed by atoms with van der Waals surface area (Å²) >= 11 is 0. The molecule has 0 heterocycles. The first-order chi connectivity index (χ1) is 13.3. The second-order valence-electron chi connectivity index (χ2n) is 10.3. The number of alkyl carbamates (subject to hydrolysis) is 1. The maximum absolute atomic E-state index is 12.6. The smallest absolute Gasteiger partial charge is 0.412 e. The third-order valence-corrected chi connectivity index (χ3v) is 3.54. The van der Waals surface area contributed by atoms with Crippen molar-refractivity contribution in [2.24, 2.45) is 5.92 Å². The van der Waals surface area contributed by atoms with Crippen molar-refractivity contribution in [1.29, 1.82) is 0 Å². The van der Waals surface area contributed by atoms with E-state index in [9.17, 15) is 14.4 Å². The second-order valence-corrected chi connectivity index (χ2v) is 10.3. The minimum Gasteiger partial charge on any atom is -0.458 e. The molecular weight excluding hydrogens is 388 g/mol. The fourth-order valence-corrected chi connectivity index (χ4v) is 2.13. The summed E-state index contributed by atoms with van der Waals surface area (Å²) in [5, 5.41) is 5.33. The molecule has 2 unspecified atom stereocenters. The highest BCUT2D eigenvalue weighted by atomic mass is 16.6. The molecule has 1 amide bonds. The van der Waals surface area contributed by atoms with Crippen LogP contribution in [-0.2, 0) is 23.8 Å². The van der Waals surface area contributed by atoms with Crippen LogP contribution in [0.5, 0.6) is 0 Å². The lowest BCUT2D eigenvalue weighted by molar-refractivity contribution is -0.159. The van der Waals surface area contributed by atoms with Crippen LogP contribution >= 0.6 is 0 Å². The van der Waals surface area contributed by atoms with Gasteiger partial charge in [0.1, 0.15) is 28.5 Å². The molecule has 0 aliphatic carbocycles. The van der Waals surface area contributed by atoms with Gasteiger partial charge in [-0.2, -0.15) is 0 Å². The van der Waals surface area contributed by atoms with Crippen LogP contribution in [0.25, 0.3) is 0 Å². The summed E-state index contributed by atoms with van der Waals surface area (Å²) in [4.78, 5) is 37.4. The molecule has 0 aromatic heterocycles. The summed E-state index contributed by atoms with van der Waals surface area (Å²) in [6, 6.07) is -0.716. The van der Waals surface area contributed by atoms with Crippen LogP contribution in [0.4, 0.5) is 4.79 Å². The summed E-state index contributed by atoms with van der Waals surface area (Å²) < 4.78 is 16.1. The van der Waals surface area contributed by atoms with Gasteiger partial charge in [-0.15, -0.1) is 0 Å². The van der Waals surface area contributed by atoms with Crippen molar-refractivity contribution in [2.75, 3.05) is 0 Å². The van der Waals surface area contributed by atoms with E-state index in [1.807, 2.05) is 13.8 Å². The summed E-state index contributed by atoms with van der Waals surface area (Å²) in [7, 11) is 0. The predicted molar refractivity (Wildman–Crippen MR) is 116 cm³/mol. The quantitative estimate of drug-likeness (QED) is 0.358. The molecule has 0 saturated carbocycles. The largest absolute Gasteiger partial charge is 0.458 e. The Kier molecular flexibility index (Phi) is 9.88. The van der Waals surface area contributed by atoms with Crippen molar-refractivity contribution in [3.63, 3.8) is 0 Å². The second kappa shape index (κ2) is 10.7. The van der Waals surface area contributed by atoms with Crippen molar-refractivity contribution < 1.29 is 28.6 Å². The number of carbonyl (C=O) groups excluding carboxylic acids is 3. The van der Waals surface area contributed by atoms with Gasteiger partial charge in [-0.25, -0.2) is 14.4 Å². The highest BCUT2D eigenvalue weighted by Gasteiger charge is 2.30. The molecule has 0 spiro atoms. The lowest BCUT2D eigenvalue weighted by Crippen LogP contribution is -2.44. The molecule has 0 rings (SSSR count). The highest BCUT2D eigenvalue weighted by molar-refractivity contribution is 5.92. The Morgan fingerprint density at radius 1 is 0.833 bits per heavy atom. The summed E-state index contributed by atoms with van der Waals surface area (Å²) in [6.07, 6.45) is 1.16. The molecule has 0 fully saturated rings. The van der Waals surface area contributed by atoms with Gasteiger partial charge >= 0.3 is 18.0 Å². The van der Waals surface area contributed by atoms with Crippen LogP contribution in [0.15, 0.2) is 11.9 Å². The van der Waals surface area contributed by atoms with E-state index in [0.717, 1.165) is 0 Å². The van der Waals surface area contributed by atoms with Gasteiger partial charge < -0.3 is 19.5 Å². The Morgan fingerprint density at radius 2 is 1.30 bits per heavy atom. The number of nitrogens with one attached hydrogen (secondary N) is 2. The standard InChI is InChI=1S/C22H40N2O6/c1-12-14(2)16(18(26)29-21(6,7)8)23-13-15(17(25)28-20(3,4)5)24-19(27)30-22(9,10)11/h13-14,16,23H,12H2,1-11H3,(H,24,27)/b15-13-. The number of hydrogen-bond acceptors (Lipinski definition) is 7. The van der Waals surface area contributed by atoms with E-state index in [1.54, 1.807) is 62.3 Å². The van der Waals surface area contributed by atoms with Crippen LogP contribution in [-0.4, -0.2) is 40.9 Å². The van der Waals surface area contributed by atoms with Crippen LogP contribution in [0.1, 0.15) is 82.6 Å². The molecule has 30 heavy (non-hydrogen) atoms. The Bertz CT molecular complexity index is 635. The fourth-order valence-electron chi connectivity index (χ4n) is 2.13. The van der Waals surface area contributed by atoms with Gasteiger partial charge in [0.15, 0.2) is 0 Å². The molecule has 2 atom stereocenters. The van der Waals surface area contributed by atoms with Crippen LogP contribution < -0.4 is 10.6 Å². The Balaban J connectivity index is 5.72. The van der Waals surface area contributed by atoms with Gasteiger partial charge in [-0.1, -0.05) is 20.3 Å². The van der Waals surface area contributed by atoms with E-state index in [4.69, 9.17) is 14.2 Å². The monoisotopic (exact) mass is 428 g/mol. The molecule has 2 N–H and O–H groups in total. The van der Waals surface area contributed by atoms with Crippen molar-refractivity contribution in [1.82, 2.24) is 10.6 Å². The Hall–Kier alpha value is -2.25. The zero-order chi connectivity index (χ0) is 23.9. The Morgan fingerprint density at radius 3 is 1.70 bits per heavy atom. The normalized spacial score (nSPS) is 15.0. The number of carbonyl (C=O) groups is 3. The van der Waals surface area contributed by atoms with Gasteiger partial charge in [0, 0.05) is 6.20 Å². The molecule has 0 radical (unpaired) electrons. The van der Waals surface area contributed by atoms with Crippen LogP contribution in [0, 0.1) is 5.92 Å². The van der Waals surface area contributed by atoms with Crippen molar-refractivity contribution in [2.45, 2.75) is 105 Å². The minimum absolute atomic E-state index is 0.0856. The van der Waals surface area contributed by atoms with Gasteiger partial charge in [0.05, 0.1) is 0 Å². The summed E-state index contributed by atoms with van der Waals surface area (Å²) in [6.45, 7) is 19.5. The maximum atomic E-state index is 12.6. The first-order valence-corrected chi connectivity index (χ1v) is 10.3. The highest BCUT2D eigenvalue weighted by Crippen LogP contribution is 2.16. The third-order valence-electron chi connectivity index (χ3n) is 3.54. The molecule has 0 bridgehead atoms. The molecule has 0 aromatic carbocycles. The number of ether oxygens (including phenoxy) is 3. The van der Waals surface area contributed by atoms with Crippen LogP contribution in [0.3, 0.4) is 0 Å². The molecule has 0 aliphatic heterocycles. The number of hydrogen-bond donors (Lipinski definition) is 2. The van der Waals surface area contributed by atoms with E-state index >= 15 is 0 Å². The number of amides is 1. The average Bonchev–Trinajstić information content (AvgIpc) is 2.48. The van der Waals surface area contributed by atoms with E-state index < -0.39 is 40.9 Å². The molecular formula is C22H40N2O6. The van der Waals surface area contributed by atoms with E-state index in [2.05, 4.69) is 10.6 Å². The molecule has 174 valence electrons. The van der Waals surface area contributed by atoms with Crippen molar-refractivity contribution in [3.05, 3.63) is 11.9 Å². The lowest BCUT2D eigenvalue weighted by Gasteiger charge is -2.27. The van der Waals surface area contributed by atoms with E-state index in [0.29, 0.717) is 6.42 Å². The summed E-state index contributed by atoms with van der Waals surface area (Å²) in [5.74, 6) is -1.29. The molecule has 0 aromatic rings. The molecule has 8 heteroatoms. The SMILES string of the molecule is CCC(C)C(N/C=C(\NC(=O)OC(C)(C)C)C(=O)OC(C)(C)C)C(=O)OC(C)(C)C. The first-order valence-electron chi connectivity index (χ1n) is 10.3. The number of esters is 2. The first kappa shape index (κ1) is 27.8. The summed E-state index contributed by atoms with van der Waals surface area (Å²) in [5.41, 5.74) is -2.34. The predicted octanol–water partition coefficient (Wildman–Crippen LogP) is 4.04. The Labute approximate surface area is 181 Å². The molecule has 0 saturated heterocycles. The van der Waals surface area contributed by atoms with Crippen molar-refractivity contribution >= 4 is 18.0 Å². The van der Waals surface area contributed by atoms with E-state index in [1.165, 1.54) is 6.20 Å². The third kappa shape index (κ3) is 12.3.